The first-order valence-electron chi connectivity index (χ1n) is 10.1. The molecule has 144 valence electrons. The maximum absolute atomic E-state index is 14.6. The summed E-state index contributed by atoms with van der Waals surface area (Å²) < 4.78 is 16.3. The Balaban J connectivity index is 1.68. The molecular weight excluding hydrogens is 351 g/mol. The highest BCUT2D eigenvalue weighted by molar-refractivity contribution is 5.92. The van der Waals surface area contributed by atoms with Gasteiger partial charge in [0.15, 0.2) is 11.5 Å². The van der Waals surface area contributed by atoms with Crippen molar-refractivity contribution in [3.05, 3.63) is 59.8 Å². The number of benzene rings is 1. The molecule has 0 radical (unpaired) electrons. The summed E-state index contributed by atoms with van der Waals surface area (Å²) in [6.07, 6.45) is 7.73. The number of nitrogens with zero attached hydrogens (tertiary/aromatic N) is 2. The third-order valence-corrected chi connectivity index (χ3v) is 5.98. The third kappa shape index (κ3) is 2.81. The summed E-state index contributed by atoms with van der Waals surface area (Å²) in [4.78, 5) is 7.65. The number of aromatic amines is 1. The van der Waals surface area contributed by atoms with Crippen molar-refractivity contribution in [3.63, 3.8) is 0 Å². The molecule has 0 amide bonds. The van der Waals surface area contributed by atoms with Gasteiger partial charge in [-0.1, -0.05) is 19.9 Å². The monoisotopic (exact) mass is 376 g/mol. The molecule has 4 aromatic rings. The fourth-order valence-electron chi connectivity index (χ4n) is 4.59. The van der Waals surface area contributed by atoms with E-state index in [9.17, 15) is 4.39 Å². The van der Waals surface area contributed by atoms with E-state index in [4.69, 9.17) is 0 Å². The number of halogens is 1. The molecule has 3 aromatic heterocycles. The van der Waals surface area contributed by atoms with E-state index in [2.05, 4.69) is 47.3 Å². The summed E-state index contributed by atoms with van der Waals surface area (Å²) in [5.74, 6) is 0.642. The number of fused-ring (bicyclic) bond motifs is 2. The predicted octanol–water partition coefficient (Wildman–Crippen LogP) is 5.21. The second kappa shape index (κ2) is 6.74. The average Bonchev–Trinajstić information content (AvgIpc) is 3.32. The maximum Gasteiger partial charge on any atom is 0.173 e. The number of piperidine rings is 1. The van der Waals surface area contributed by atoms with Gasteiger partial charge in [-0.2, -0.15) is 0 Å². The van der Waals surface area contributed by atoms with Crippen LogP contribution < -0.4 is 5.32 Å². The van der Waals surface area contributed by atoms with Crippen molar-refractivity contribution < 1.29 is 4.39 Å². The largest absolute Gasteiger partial charge is 0.354 e. The van der Waals surface area contributed by atoms with Gasteiger partial charge in [0.25, 0.3) is 0 Å². The minimum absolute atomic E-state index is 0.300. The maximum atomic E-state index is 14.6. The Morgan fingerprint density at radius 2 is 2.00 bits per heavy atom. The molecule has 28 heavy (non-hydrogen) atoms. The Labute approximate surface area is 163 Å². The van der Waals surface area contributed by atoms with Gasteiger partial charge in [-0.15, -0.1) is 0 Å². The summed E-state index contributed by atoms with van der Waals surface area (Å²) in [5, 5.41) is 4.70. The number of imidazole rings is 1. The van der Waals surface area contributed by atoms with Crippen molar-refractivity contribution in [2.45, 2.75) is 38.5 Å². The molecule has 0 unspecified atom stereocenters. The molecule has 5 rings (SSSR count). The second-order valence-electron chi connectivity index (χ2n) is 8.13. The lowest BCUT2D eigenvalue weighted by Crippen LogP contribution is -2.26. The molecule has 1 aliphatic rings. The minimum atomic E-state index is -0.300. The van der Waals surface area contributed by atoms with E-state index in [-0.39, 0.29) is 5.82 Å². The van der Waals surface area contributed by atoms with E-state index in [1.165, 1.54) is 29.4 Å². The molecular formula is C23H25FN4. The first kappa shape index (κ1) is 17.4. The van der Waals surface area contributed by atoms with Gasteiger partial charge in [0.1, 0.15) is 0 Å². The fraction of sp³-hybridized carbons (Fsp3) is 0.348. The number of hydrogen-bond donors (Lipinski definition) is 2. The van der Waals surface area contributed by atoms with Crippen LogP contribution in [0.3, 0.4) is 0 Å². The quantitative estimate of drug-likeness (QED) is 0.515. The van der Waals surface area contributed by atoms with Gasteiger partial charge in [-0.05, 0) is 67.1 Å². The van der Waals surface area contributed by atoms with Crippen molar-refractivity contribution in [3.8, 4) is 11.3 Å². The zero-order valence-corrected chi connectivity index (χ0v) is 16.3. The Hall–Kier alpha value is -2.66. The molecule has 0 aliphatic carbocycles. The summed E-state index contributed by atoms with van der Waals surface area (Å²) in [6.45, 7) is 6.58. The van der Waals surface area contributed by atoms with E-state index >= 15 is 0 Å². The van der Waals surface area contributed by atoms with E-state index in [1.807, 2.05) is 6.20 Å². The number of pyridine rings is 1. The van der Waals surface area contributed by atoms with Gasteiger partial charge in [0.2, 0.25) is 0 Å². The number of rotatable bonds is 3. The van der Waals surface area contributed by atoms with Crippen molar-refractivity contribution >= 4 is 16.6 Å². The molecule has 2 N–H and O–H groups in total. The molecule has 0 bridgehead atoms. The molecule has 5 heteroatoms. The minimum Gasteiger partial charge on any atom is -0.354 e. The second-order valence-corrected chi connectivity index (χ2v) is 8.13. The predicted molar refractivity (Wildman–Crippen MR) is 111 cm³/mol. The standard InChI is InChI=1S/C23H25FN4/c1-14(2)21-18-11-16(15-5-7-25-8-6-15)3-4-20(18)27-22(21)17-12-19(24)23-26-9-10-28(23)13-17/h3-4,9-15,25,27H,5-8H2,1-2H3. The van der Waals surface area contributed by atoms with Crippen LogP contribution in [0.4, 0.5) is 4.39 Å². The highest BCUT2D eigenvalue weighted by Gasteiger charge is 2.20. The molecule has 1 aromatic carbocycles. The van der Waals surface area contributed by atoms with Gasteiger partial charge >= 0.3 is 0 Å². The van der Waals surface area contributed by atoms with Crippen molar-refractivity contribution in [2.75, 3.05) is 13.1 Å². The summed E-state index contributed by atoms with van der Waals surface area (Å²) in [6, 6.07) is 8.38. The van der Waals surface area contributed by atoms with Crippen LogP contribution >= 0.6 is 0 Å². The van der Waals surface area contributed by atoms with E-state index in [0.29, 0.717) is 17.5 Å². The summed E-state index contributed by atoms with van der Waals surface area (Å²) in [5.41, 5.74) is 6.00. The highest BCUT2D eigenvalue weighted by atomic mass is 19.1. The van der Waals surface area contributed by atoms with Gasteiger partial charge in [-0.3, -0.25) is 0 Å². The first-order valence-corrected chi connectivity index (χ1v) is 10.1. The number of hydrogen-bond acceptors (Lipinski definition) is 2. The smallest absolute Gasteiger partial charge is 0.173 e. The molecule has 4 heterocycles. The van der Waals surface area contributed by atoms with Crippen LogP contribution in [0.5, 0.6) is 0 Å². The van der Waals surface area contributed by atoms with Gasteiger partial charge in [-0.25, -0.2) is 9.37 Å². The zero-order valence-electron chi connectivity index (χ0n) is 16.3. The van der Waals surface area contributed by atoms with Crippen LogP contribution in [0.2, 0.25) is 0 Å². The fourth-order valence-corrected chi connectivity index (χ4v) is 4.59. The number of nitrogens with one attached hydrogen (secondary N) is 2. The van der Waals surface area contributed by atoms with Crippen molar-refractivity contribution in [1.82, 2.24) is 19.7 Å². The first-order chi connectivity index (χ1) is 13.6. The topological polar surface area (TPSA) is 45.1 Å². The van der Waals surface area contributed by atoms with Gasteiger partial charge < -0.3 is 14.7 Å². The SMILES string of the molecule is CC(C)c1c(-c2cc(F)c3nccn3c2)[nH]c2ccc(C3CCNCC3)cc12. The van der Waals surface area contributed by atoms with Crippen molar-refractivity contribution in [1.29, 1.82) is 0 Å². The molecule has 0 saturated carbocycles. The van der Waals surface area contributed by atoms with E-state index in [0.717, 1.165) is 29.9 Å². The van der Waals surface area contributed by atoms with Crippen molar-refractivity contribution in [2.24, 2.45) is 0 Å². The van der Waals surface area contributed by atoms with E-state index < -0.39 is 0 Å². The molecule has 4 nitrogen and oxygen atoms in total. The number of H-pyrrole nitrogens is 1. The lowest BCUT2D eigenvalue weighted by molar-refractivity contribution is 0.460. The number of aromatic nitrogens is 3. The molecule has 1 fully saturated rings. The Morgan fingerprint density at radius 1 is 1.18 bits per heavy atom. The van der Waals surface area contributed by atoms with E-state index in [1.54, 1.807) is 22.9 Å². The van der Waals surface area contributed by atoms with Crippen LogP contribution in [0, 0.1) is 5.82 Å². The molecule has 1 saturated heterocycles. The Bertz CT molecular complexity index is 1150. The Kier molecular flexibility index (Phi) is 4.20. The average molecular weight is 376 g/mol. The van der Waals surface area contributed by atoms with Gasteiger partial charge in [0.05, 0.1) is 5.69 Å². The zero-order chi connectivity index (χ0) is 19.3. The van der Waals surface area contributed by atoms with Gasteiger partial charge in [0, 0.05) is 35.1 Å². The lowest BCUT2D eigenvalue weighted by Gasteiger charge is -2.23. The van der Waals surface area contributed by atoms with Crippen LogP contribution in [-0.2, 0) is 0 Å². The van der Waals surface area contributed by atoms with Crippen LogP contribution in [-0.4, -0.2) is 27.5 Å². The molecule has 1 aliphatic heterocycles. The highest BCUT2D eigenvalue weighted by Crippen LogP contribution is 2.38. The lowest BCUT2D eigenvalue weighted by atomic mass is 9.88. The summed E-state index contributed by atoms with van der Waals surface area (Å²) in [7, 11) is 0. The van der Waals surface area contributed by atoms with Crippen LogP contribution in [0.1, 0.15) is 49.7 Å². The summed E-state index contributed by atoms with van der Waals surface area (Å²) >= 11 is 0. The van der Waals surface area contributed by atoms with Crippen LogP contribution in [0.25, 0.3) is 27.8 Å². The molecule has 0 atom stereocenters. The normalized spacial score (nSPS) is 15.9. The third-order valence-electron chi connectivity index (χ3n) is 5.98. The molecule has 0 spiro atoms. The Morgan fingerprint density at radius 3 is 2.79 bits per heavy atom. The van der Waals surface area contributed by atoms with Crippen LogP contribution in [0.15, 0.2) is 42.9 Å².